The maximum atomic E-state index is 9.25. The molecule has 16 heavy (non-hydrogen) atoms. The van der Waals surface area contributed by atoms with Gasteiger partial charge >= 0.3 is 0 Å². The summed E-state index contributed by atoms with van der Waals surface area (Å²) in [5.74, 6) is 1.92. The highest BCUT2D eigenvalue weighted by Crippen LogP contribution is 2.39. The van der Waals surface area contributed by atoms with Crippen LogP contribution in [0.25, 0.3) is 0 Å². The van der Waals surface area contributed by atoms with Crippen molar-refractivity contribution in [1.82, 2.24) is 4.98 Å². The first kappa shape index (κ1) is 10.3. The Balaban J connectivity index is 1.77. The zero-order valence-corrected chi connectivity index (χ0v) is 9.65. The number of rotatable bonds is 3. The van der Waals surface area contributed by atoms with E-state index >= 15 is 0 Å². The van der Waals surface area contributed by atoms with Crippen molar-refractivity contribution in [2.24, 2.45) is 11.8 Å². The molecule has 1 unspecified atom stereocenters. The van der Waals surface area contributed by atoms with Gasteiger partial charge in [0.25, 0.3) is 0 Å². The van der Waals surface area contributed by atoms with Gasteiger partial charge in [-0.15, -0.1) is 0 Å². The average molecular weight is 217 g/mol. The SMILES string of the molecule is OCc1nccc2c1CCC(CC1CC1)C2. The molecule has 0 aliphatic heterocycles. The van der Waals surface area contributed by atoms with Gasteiger partial charge in [0.2, 0.25) is 0 Å². The summed E-state index contributed by atoms with van der Waals surface area (Å²) in [5.41, 5.74) is 3.68. The Hall–Kier alpha value is -0.890. The Morgan fingerprint density at radius 2 is 2.12 bits per heavy atom. The average Bonchev–Trinajstić information content (AvgIpc) is 3.12. The van der Waals surface area contributed by atoms with Gasteiger partial charge in [0.15, 0.2) is 0 Å². The van der Waals surface area contributed by atoms with Crippen LogP contribution in [0.15, 0.2) is 12.3 Å². The molecule has 86 valence electrons. The van der Waals surface area contributed by atoms with Gasteiger partial charge in [-0.05, 0) is 54.7 Å². The summed E-state index contributed by atoms with van der Waals surface area (Å²) in [5, 5.41) is 9.25. The van der Waals surface area contributed by atoms with Crippen LogP contribution in [0.4, 0.5) is 0 Å². The van der Waals surface area contributed by atoms with Crippen molar-refractivity contribution in [3.8, 4) is 0 Å². The number of aliphatic hydroxyl groups is 1. The molecule has 0 radical (unpaired) electrons. The van der Waals surface area contributed by atoms with Crippen LogP contribution >= 0.6 is 0 Å². The van der Waals surface area contributed by atoms with E-state index in [2.05, 4.69) is 11.1 Å². The van der Waals surface area contributed by atoms with Crippen LogP contribution in [0.5, 0.6) is 0 Å². The first-order valence-electron chi connectivity index (χ1n) is 6.43. The lowest BCUT2D eigenvalue weighted by Gasteiger charge is -2.25. The fraction of sp³-hybridized carbons (Fsp3) is 0.643. The quantitative estimate of drug-likeness (QED) is 0.843. The first-order chi connectivity index (χ1) is 7.86. The minimum absolute atomic E-state index is 0.0937. The van der Waals surface area contributed by atoms with Crippen LogP contribution in [0.2, 0.25) is 0 Å². The lowest BCUT2D eigenvalue weighted by atomic mass is 9.81. The maximum absolute atomic E-state index is 9.25. The lowest BCUT2D eigenvalue weighted by Crippen LogP contribution is -2.17. The van der Waals surface area contributed by atoms with Gasteiger partial charge in [0.05, 0.1) is 12.3 Å². The van der Waals surface area contributed by atoms with E-state index in [4.69, 9.17) is 0 Å². The lowest BCUT2D eigenvalue weighted by molar-refractivity contribution is 0.273. The van der Waals surface area contributed by atoms with Crippen LogP contribution < -0.4 is 0 Å². The summed E-state index contributed by atoms with van der Waals surface area (Å²) in [6, 6.07) is 2.15. The summed E-state index contributed by atoms with van der Waals surface area (Å²) in [6.45, 7) is 0.0937. The molecular weight excluding hydrogens is 198 g/mol. The standard InChI is InChI=1S/C14H19NO/c16-9-14-13-4-3-11(7-10-1-2-10)8-12(13)5-6-15-14/h5-6,10-11,16H,1-4,7-9H2. The van der Waals surface area contributed by atoms with E-state index in [1.807, 2.05) is 6.20 Å². The molecule has 3 rings (SSSR count). The zero-order chi connectivity index (χ0) is 11.0. The molecule has 0 spiro atoms. The van der Waals surface area contributed by atoms with Crippen LogP contribution in [-0.4, -0.2) is 10.1 Å². The van der Waals surface area contributed by atoms with Gasteiger partial charge in [0, 0.05) is 6.20 Å². The molecule has 1 N–H and O–H groups in total. The molecule has 2 aliphatic carbocycles. The molecule has 2 nitrogen and oxygen atoms in total. The van der Waals surface area contributed by atoms with E-state index in [0.717, 1.165) is 24.0 Å². The van der Waals surface area contributed by atoms with E-state index in [1.54, 1.807) is 0 Å². The molecule has 2 heteroatoms. The van der Waals surface area contributed by atoms with E-state index in [9.17, 15) is 5.11 Å². The topological polar surface area (TPSA) is 33.1 Å². The first-order valence-corrected chi connectivity index (χ1v) is 6.43. The van der Waals surface area contributed by atoms with Gasteiger partial charge in [-0.25, -0.2) is 0 Å². The number of aliphatic hydroxyl groups excluding tert-OH is 1. The van der Waals surface area contributed by atoms with E-state index in [0.29, 0.717) is 0 Å². The largest absolute Gasteiger partial charge is 0.390 e. The number of pyridine rings is 1. The van der Waals surface area contributed by atoms with Crippen molar-refractivity contribution >= 4 is 0 Å². The predicted octanol–water partition coefficient (Wildman–Crippen LogP) is 2.48. The monoisotopic (exact) mass is 217 g/mol. The highest BCUT2D eigenvalue weighted by Gasteiger charge is 2.28. The summed E-state index contributed by atoms with van der Waals surface area (Å²) in [7, 11) is 0. The van der Waals surface area contributed by atoms with Crippen molar-refractivity contribution in [2.45, 2.75) is 45.1 Å². The second kappa shape index (κ2) is 4.17. The van der Waals surface area contributed by atoms with Crippen LogP contribution in [0, 0.1) is 11.8 Å². The minimum Gasteiger partial charge on any atom is -0.390 e. The van der Waals surface area contributed by atoms with Gasteiger partial charge in [0.1, 0.15) is 0 Å². The van der Waals surface area contributed by atoms with Gasteiger partial charge < -0.3 is 5.11 Å². The number of aromatic nitrogens is 1. The second-order valence-electron chi connectivity index (χ2n) is 5.34. The Morgan fingerprint density at radius 1 is 1.25 bits per heavy atom. The fourth-order valence-electron chi connectivity index (χ4n) is 3.00. The molecule has 0 aromatic carbocycles. The molecule has 2 aliphatic rings. The van der Waals surface area contributed by atoms with Gasteiger partial charge in [-0.3, -0.25) is 4.98 Å². The maximum Gasteiger partial charge on any atom is 0.0855 e. The molecule has 1 fully saturated rings. The third-order valence-corrected chi connectivity index (χ3v) is 4.07. The molecule has 1 aromatic rings. The molecule has 1 saturated carbocycles. The normalized spacial score (nSPS) is 24.2. The highest BCUT2D eigenvalue weighted by molar-refractivity contribution is 5.32. The minimum atomic E-state index is 0.0937. The van der Waals surface area contributed by atoms with Crippen LogP contribution in [-0.2, 0) is 19.4 Å². The van der Waals surface area contributed by atoms with Crippen molar-refractivity contribution in [3.63, 3.8) is 0 Å². The molecule has 1 atom stereocenters. The number of hydrogen-bond donors (Lipinski definition) is 1. The number of fused-ring (bicyclic) bond motifs is 1. The van der Waals surface area contributed by atoms with Crippen molar-refractivity contribution in [3.05, 3.63) is 29.1 Å². The molecule has 1 aromatic heterocycles. The third-order valence-electron chi connectivity index (χ3n) is 4.07. The van der Waals surface area contributed by atoms with Crippen LogP contribution in [0.1, 0.15) is 42.5 Å². The summed E-state index contributed by atoms with van der Waals surface area (Å²) < 4.78 is 0. The summed E-state index contributed by atoms with van der Waals surface area (Å²) in [4.78, 5) is 4.26. The Bertz CT molecular complexity index is 384. The van der Waals surface area contributed by atoms with Crippen LogP contribution in [0.3, 0.4) is 0 Å². The van der Waals surface area contributed by atoms with Crippen molar-refractivity contribution in [2.75, 3.05) is 0 Å². The molecule has 1 heterocycles. The Kier molecular flexibility index (Phi) is 2.68. The number of hydrogen-bond acceptors (Lipinski definition) is 2. The highest BCUT2D eigenvalue weighted by atomic mass is 16.3. The number of nitrogens with zero attached hydrogens (tertiary/aromatic N) is 1. The van der Waals surface area contributed by atoms with E-state index in [1.165, 1.54) is 43.2 Å². The zero-order valence-electron chi connectivity index (χ0n) is 9.65. The van der Waals surface area contributed by atoms with Crippen molar-refractivity contribution < 1.29 is 5.11 Å². The Morgan fingerprint density at radius 3 is 2.88 bits per heavy atom. The summed E-state index contributed by atoms with van der Waals surface area (Å²) >= 11 is 0. The van der Waals surface area contributed by atoms with E-state index < -0.39 is 0 Å². The van der Waals surface area contributed by atoms with Crippen molar-refractivity contribution in [1.29, 1.82) is 0 Å². The van der Waals surface area contributed by atoms with Gasteiger partial charge in [-0.2, -0.15) is 0 Å². The second-order valence-corrected chi connectivity index (χ2v) is 5.34. The fourth-order valence-corrected chi connectivity index (χ4v) is 3.00. The van der Waals surface area contributed by atoms with E-state index in [-0.39, 0.29) is 6.61 Å². The predicted molar refractivity (Wildman–Crippen MR) is 63.0 cm³/mol. The summed E-state index contributed by atoms with van der Waals surface area (Å²) in [6.07, 6.45) is 9.82. The Labute approximate surface area is 96.7 Å². The molecular formula is C14H19NO. The molecule has 0 saturated heterocycles. The molecule has 0 bridgehead atoms. The smallest absolute Gasteiger partial charge is 0.0855 e. The van der Waals surface area contributed by atoms with Gasteiger partial charge in [-0.1, -0.05) is 12.8 Å². The third kappa shape index (κ3) is 1.99. The molecule has 0 amide bonds.